The van der Waals surface area contributed by atoms with E-state index in [2.05, 4.69) is 10.3 Å². The van der Waals surface area contributed by atoms with Crippen molar-refractivity contribution in [1.29, 1.82) is 0 Å². The average Bonchev–Trinajstić information content (AvgIpc) is 3.06. The van der Waals surface area contributed by atoms with Gasteiger partial charge in [-0.15, -0.1) is 0 Å². The number of amides is 1. The van der Waals surface area contributed by atoms with E-state index in [-0.39, 0.29) is 10.7 Å². The zero-order chi connectivity index (χ0) is 15.9. The molecule has 0 spiro atoms. The van der Waals surface area contributed by atoms with Crippen LogP contribution in [0.1, 0.15) is 16.9 Å². The van der Waals surface area contributed by atoms with E-state index in [0.29, 0.717) is 33.9 Å². The number of carboxylic acids is 1. The van der Waals surface area contributed by atoms with Crippen LogP contribution < -0.4 is 5.32 Å². The molecular formula is C14H12Cl2N2O3S. The maximum atomic E-state index is 12.5. The fraction of sp³-hybridized carbons (Fsp3) is 0.286. The summed E-state index contributed by atoms with van der Waals surface area (Å²) < 4.78 is 0. The fourth-order valence-electron chi connectivity index (χ4n) is 2.45. The summed E-state index contributed by atoms with van der Waals surface area (Å²) in [6.45, 7) is 0. The average molecular weight is 359 g/mol. The molecule has 116 valence electrons. The van der Waals surface area contributed by atoms with Crippen LogP contribution in [-0.4, -0.2) is 39.0 Å². The van der Waals surface area contributed by atoms with E-state index in [9.17, 15) is 14.7 Å². The number of rotatable bonds is 3. The van der Waals surface area contributed by atoms with E-state index in [4.69, 9.17) is 23.2 Å². The van der Waals surface area contributed by atoms with Gasteiger partial charge in [-0.2, -0.15) is 11.8 Å². The molecule has 2 aromatic rings. The second kappa shape index (κ2) is 5.68. The summed E-state index contributed by atoms with van der Waals surface area (Å²) in [6, 6.07) is 5.06. The SMILES string of the molecule is O=C(NC1(C(=O)O)CCSC1)c1[nH]c2ccc(Cl)cc2c1Cl. The Labute approximate surface area is 140 Å². The van der Waals surface area contributed by atoms with Crippen LogP contribution in [0.5, 0.6) is 0 Å². The number of aromatic nitrogens is 1. The monoisotopic (exact) mass is 358 g/mol. The molecule has 0 radical (unpaired) electrons. The second-order valence-electron chi connectivity index (χ2n) is 5.15. The molecule has 1 amide bonds. The van der Waals surface area contributed by atoms with E-state index in [1.54, 1.807) is 18.2 Å². The minimum Gasteiger partial charge on any atom is -0.479 e. The lowest BCUT2D eigenvalue weighted by Crippen LogP contribution is -2.54. The number of fused-ring (bicyclic) bond motifs is 1. The van der Waals surface area contributed by atoms with Gasteiger partial charge in [-0.05, 0) is 30.4 Å². The normalized spacial score (nSPS) is 21.2. The van der Waals surface area contributed by atoms with E-state index >= 15 is 0 Å². The van der Waals surface area contributed by atoms with Gasteiger partial charge in [0, 0.05) is 21.7 Å². The number of hydrogen-bond donors (Lipinski definition) is 3. The summed E-state index contributed by atoms with van der Waals surface area (Å²) in [5.74, 6) is -0.510. The van der Waals surface area contributed by atoms with Gasteiger partial charge in [-0.3, -0.25) is 4.79 Å². The van der Waals surface area contributed by atoms with Crippen molar-refractivity contribution in [2.75, 3.05) is 11.5 Å². The first kappa shape index (κ1) is 15.5. The number of carboxylic acid groups (broad SMARTS) is 1. The predicted molar refractivity (Wildman–Crippen MR) is 88.1 cm³/mol. The maximum absolute atomic E-state index is 12.5. The van der Waals surface area contributed by atoms with Gasteiger partial charge in [-0.25, -0.2) is 4.79 Å². The van der Waals surface area contributed by atoms with E-state index in [1.807, 2.05) is 0 Å². The van der Waals surface area contributed by atoms with Crippen molar-refractivity contribution < 1.29 is 14.7 Å². The number of benzene rings is 1. The van der Waals surface area contributed by atoms with Gasteiger partial charge in [0.15, 0.2) is 0 Å². The van der Waals surface area contributed by atoms with Crippen molar-refractivity contribution in [3.05, 3.63) is 33.9 Å². The van der Waals surface area contributed by atoms with Gasteiger partial charge in [0.25, 0.3) is 5.91 Å². The lowest BCUT2D eigenvalue weighted by molar-refractivity contribution is -0.143. The first-order valence-electron chi connectivity index (χ1n) is 6.53. The highest BCUT2D eigenvalue weighted by molar-refractivity contribution is 7.99. The highest BCUT2D eigenvalue weighted by Crippen LogP contribution is 2.32. The van der Waals surface area contributed by atoms with Crippen LogP contribution in [0.15, 0.2) is 18.2 Å². The van der Waals surface area contributed by atoms with Gasteiger partial charge >= 0.3 is 5.97 Å². The Morgan fingerprint density at radius 3 is 2.77 bits per heavy atom. The number of halogens is 2. The van der Waals surface area contributed by atoms with Crippen molar-refractivity contribution in [2.45, 2.75) is 12.0 Å². The first-order chi connectivity index (χ1) is 10.4. The van der Waals surface area contributed by atoms with Crippen LogP contribution in [0.3, 0.4) is 0 Å². The lowest BCUT2D eigenvalue weighted by Gasteiger charge is -2.24. The third kappa shape index (κ3) is 2.55. The maximum Gasteiger partial charge on any atom is 0.330 e. The van der Waals surface area contributed by atoms with E-state index < -0.39 is 17.4 Å². The molecule has 8 heteroatoms. The molecule has 2 heterocycles. The van der Waals surface area contributed by atoms with Gasteiger partial charge in [-0.1, -0.05) is 23.2 Å². The van der Waals surface area contributed by atoms with Crippen LogP contribution >= 0.6 is 35.0 Å². The Balaban J connectivity index is 1.95. The molecular weight excluding hydrogens is 347 g/mol. The van der Waals surface area contributed by atoms with Gasteiger partial charge in [0.1, 0.15) is 11.2 Å². The third-order valence-electron chi connectivity index (χ3n) is 3.71. The molecule has 0 aliphatic carbocycles. The lowest BCUT2D eigenvalue weighted by atomic mass is 9.99. The summed E-state index contributed by atoms with van der Waals surface area (Å²) in [4.78, 5) is 26.9. The predicted octanol–water partition coefficient (Wildman–Crippen LogP) is 3.16. The van der Waals surface area contributed by atoms with Crippen LogP contribution in [0, 0.1) is 0 Å². The molecule has 1 aliphatic rings. The zero-order valence-electron chi connectivity index (χ0n) is 11.3. The van der Waals surface area contributed by atoms with Gasteiger partial charge in [0.05, 0.1) is 5.02 Å². The Morgan fingerprint density at radius 1 is 1.36 bits per heavy atom. The Kier molecular flexibility index (Phi) is 4.01. The number of carbonyl (C=O) groups is 2. The van der Waals surface area contributed by atoms with Gasteiger partial charge in [0.2, 0.25) is 0 Å². The minimum absolute atomic E-state index is 0.149. The number of carbonyl (C=O) groups excluding carboxylic acids is 1. The topological polar surface area (TPSA) is 82.2 Å². The summed E-state index contributed by atoms with van der Waals surface area (Å²) in [5, 5.41) is 13.4. The van der Waals surface area contributed by atoms with Crippen molar-refractivity contribution in [3.8, 4) is 0 Å². The highest BCUT2D eigenvalue weighted by atomic mass is 35.5. The largest absolute Gasteiger partial charge is 0.479 e. The number of nitrogens with one attached hydrogen (secondary N) is 2. The molecule has 1 saturated heterocycles. The minimum atomic E-state index is -1.24. The number of aliphatic carboxylic acids is 1. The Hall–Kier alpha value is -1.37. The van der Waals surface area contributed by atoms with E-state index in [1.165, 1.54) is 11.8 Å². The van der Waals surface area contributed by atoms with Crippen molar-refractivity contribution >= 4 is 57.7 Å². The quantitative estimate of drug-likeness (QED) is 0.786. The molecule has 1 fully saturated rings. The standard InChI is InChI=1S/C14H12Cl2N2O3S/c15-7-1-2-9-8(5-7)10(16)11(17-9)12(19)18-14(13(20)21)3-4-22-6-14/h1-2,5,17H,3-4,6H2,(H,18,19)(H,20,21). The summed E-state index contributed by atoms with van der Waals surface area (Å²) in [7, 11) is 0. The number of hydrogen-bond acceptors (Lipinski definition) is 3. The Morgan fingerprint density at radius 2 is 2.14 bits per heavy atom. The molecule has 0 saturated carbocycles. The molecule has 1 atom stereocenters. The molecule has 1 aliphatic heterocycles. The number of aromatic amines is 1. The highest BCUT2D eigenvalue weighted by Gasteiger charge is 2.43. The third-order valence-corrected chi connectivity index (χ3v) is 5.53. The van der Waals surface area contributed by atoms with Crippen LogP contribution in [0.25, 0.3) is 10.9 Å². The molecule has 1 aromatic heterocycles. The van der Waals surface area contributed by atoms with Crippen molar-refractivity contribution in [1.82, 2.24) is 10.3 Å². The van der Waals surface area contributed by atoms with E-state index in [0.717, 1.165) is 0 Å². The Bertz CT molecular complexity index is 769. The fourth-order valence-corrected chi connectivity index (χ4v) is 4.24. The first-order valence-corrected chi connectivity index (χ1v) is 8.44. The molecule has 0 bridgehead atoms. The second-order valence-corrected chi connectivity index (χ2v) is 7.07. The summed E-state index contributed by atoms with van der Waals surface area (Å²) >= 11 is 13.7. The molecule has 5 nitrogen and oxygen atoms in total. The molecule has 1 unspecified atom stereocenters. The van der Waals surface area contributed by atoms with Crippen LogP contribution in [-0.2, 0) is 4.79 Å². The molecule has 22 heavy (non-hydrogen) atoms. The number of H-pyrrole nitrogens is 1. The summed E-state index contributed by atoms with van der Waals surface area (Å²) in [6.07, 6.45) is 0.391. The molecule has 3 N–H and O–H groups in total. The van der Waals surface area contributed by atoms with Gasteiger partial charge < -0.3 is 15.4 Å². The molecule has 3 rings (SSSR count). The smallest absolute Gasteiger partial charge is 0.330 e. The summed E-state index contributed by atoms with van der Waals surface area (Å²) in [5.41, 5.74) is -0.416. The zero-order valence-corrected chi connectivity index (χ0v) is 13.6. The molecule has 1 aromatic carbocycles. The van der Waals surface area contributed by atoms with Crippen molar-refractivity contribution in [2.24, 2.45) is 0 Å². The number of thioether (sulfide) groups is 1. The van der Waals surface area contributed by atoms with Crippen LogP contribution in [0.4, 0.5) is 0 Å². The van der Waals surface area contributed by atoms with Crippen molar-refractivity contribution in [3.63, 3.8) is 0 Å². The van der Waals surface area contributed by atoms with Crippen LogP contribution in [0.2, 0.25) is 10.0 Å².